The van der Waals surface area contributed by atoms with Gasteiger partial charge in [0.05, 0.1) is 18.8 Å². The maximum Gasteiger partial charge on any atom is 0.309 e. The fourth-order valence-electron chi connectivity index (χ4n) is 4.41. The first kappa shape index (κ1) is 10.2. The van der Waals surface area contributed by atoms with Gasteiger partial charge < -0.3 is 9.84 Å². The van der Waals surface area contributed by atoms with Gasteiger partial charge in [0.25, 0.3) is 0 Å². The Kier molecular flexibility index (Phi) is 2.07. The zero-order valence-electron chi connectivity index (χ0n) is 9.61. The molecule has 4 fully saturated rings. The van der Waals surface area contributed by atoms with Gasteiger partial charge in [-0.05, 0) is 55.4 Å². The van der Waals surface area contributed by atoms with Crippen LogP contribution in [0.1, 0.15) is 32.1 Å². The fraction of sp³-hybridized carbons (Fsp3) is 0.769. The van der Waals surface area contributed by atoms with Crippen molar-refractivity contribution < 1.29 is 14.6 Å². The Balaban J connectivity index is 1.95. The topological polar surface area (TPSA) is 46.5 Å². The lowest BCUT2D eigenvalue weighted by molar-refractivity contribution is -0.160. The minimum absolute atomic E-state index is 0.401. The molecule has 4 aliphatic rings. The SMILES string of the molecule is COC=C1C2CC3CC1CC(C(=O)O)(C3)C2. The number of hydrogen-bond acceptors (Lipinski definition) is 2. The molecule has 2 atom stereocenters. The third-order valence-electron chi connectivity index (χ3n) is 4.84. The smallest absolute Gasteiger partial charge is 0.309 e. The second kappa shape index (κ2) is 3.25. The molecule has 1 N–H and O–H groups in total. The molecule has 4 aliphatic carbocycles. The zero-order chi connectivity index (χ0) is 11.3. The lowest BCUT2D eigenvalue weighted by Gasteiger charge is -2.55. The Morgan fingerprint density at radius 3 is 2.50 bits per heavy atom. The molecule has 0 aromatic heterocycles. The van der Waals surface area contributed by atoms with Crippen LogP contribution in [-0.2, 0) is 9.53 Å². The van der Waals surface area contributed by atoms with Crippen molar-refractivity contribution in [3.8, 4) is 0 Å². The van der Waals surface area contributed by atoms with Crippen LogP contribution in [0.2, 0.25) is 0 Å². The summed E-state index contributed by atoms with van der Waals surface area (Å²) in [4.78, 5) is 11.5. The first-order chi connectivity index (χ1) is 7.64. The van der Waals surface area contributed by atoms with Gasteiger partial charge in [-0.3, -0.25) is 4.79 Å². The summed E-state index contributed by atoms with van der Waals surface area (Å²) in [5.74, 6) is 1.02. The average molecular weight is 222 g/mol. The molecule has 0 saturated heterocycles. The molecule has 3 heteroatoms. The van der Waals surface area contributed by atoms with Gasteiger partial charge in [0, 0.05) is 0 Å². The molecule has 0 aromatic rings. The highest BCUT2D eigenvalue weighted by Gasteiger charge is 2.56. The summed E-state index contributed by atoms with van der Waals surface area (Å²) in [5, 5.41) is 9.44. The minimum atomic E-state index is -0.566. The Morgan fingerprint density at radius 1 is 1.38 bits per heavy atom. The van der Waals surface area contributed by atoms with Crippen LogP contribution in [-0.4, -0.2) is 18.2 Å². The van der Waals surface area contributed by atoms with Crippen LogP contribution in [0.25, 0.3) is 0 Å². The van der Waals surface area contributed by atoms with Crippen LogP contribution in [0.3, 0.4) is 0 Å². The van der Waals surface area contributed by atoms with Crippen molar-refractivity contribution in [1.82, 2.24) is 0 Å². The van der Waals surface area contributed by atoms with E-state index in [0.29, 0.717) is 17.8 Å². The van der Waals surface area contributed by atoms with Crippen molar-refractivity contribution in [3.05, 3.63) is 11.8 Å². The van der Waals surface area contributed by atoms with E-state index >= 15 is 0 Å². The van der Waals surface area contributed by atoms with E-state index in [9.17, 15) is 9.90 Å². The van der Waals surface area contributed by atoms with Gasteiger partial charge in [0.15, 0.2) is 0 Å². The number of methoxy groups -OCH3 is 1. The predicted octanol–water partition coefficient (Wildman–Crippen LogP) is 2.43. The standard InChI is InChI=1S/C13H18O3/c1-16-7-11-9-2-8-3-10(11)6-13(4-8,5-9)12(14)15/h7-10H,2-6H2,1H3,(H,14,15). The molecule has 3 nitrogen and oxygen atoms in total. The molecule has 4 rings (SSSR count). The van der Waals surface area contributed by atoms with Gasteiger partial charge in [-0.25, -0.2) is 0 Å². The van der Waals surface area contributed by atoms with Gasteiger partial charge in [0.1, 0.15) is 0 Å². The third kappa shape index (κ3) is 1.23. The van der Waals surface area contributed by atoms with E-state index in [1.165, 1.54) is 18.4 Å². The average Bonchev–Trinajstić information content (AvgIpc) is 2.22. The summed E-state index contributed by atoms with van der Waals surface area (Å²) in [6.45, 7) is 0. The van der Waals surface area contributed by atoms with Crippen LogP contribution in [0.5, 0.6) is 0 Å². The van der Waals surface area contributed by atoms with Gasteiger partial charge in [-0.15, -0.1) is 0 Å². The minimum Gasteiger partial charge on any atom is -0.504 e. The quantitative estimate of drug-likeness (QED) is 0.730. The van der Waals surface area contributed by atoms with Crippen LogP contribution in [0.4, 0.5) is 0 Å². The zero-order valence-corrected chi connectivity index (χ0v) is 9.61. The lowest BCUT2D eigenvalue weighted by Crippen LogP contribution is -2.51. The molecule has 0 radical (unpaired) electrons. The van der Waals surface area contributed by atoms with Crippen LogP contribution < -0.4 is 0 Å². The molecule has 0 spiro atoms. The second-order valence-corrected chi connectivity index (χ2v) is 5.78. The van der Waals surface area contributed by atoms with E-state index < -0.39 is 11.4 Å². The number of allylic oxidation sites excluding steroid dienone is 1. The number of ether oxygens (including phenoxy) is 1. The van der Waals surface area contributed by atoms with E-state index in [-0.39, 0.29) is 0 Å². The Hall–Kier alpha value is -0.990. The molecule has 0 aromatic carbocycles. The van der Waals surface area contributed by atoms with Gasteiger partial charge >= 0.3 is 5.97 Å². The number of carboxylic acid groups (broad SMARTS) is 1. The fourth-order valence-corrected chi connectivity index (χ4v) is 4.41. The number of hydrogen-bond donors (Lipinski definition) is 1. The first-order valence-electron chi connectivity index (χ1n) is 6.11. The van der Waals surface area contributed by atoms with Crippen molar-refractivity contribution in [2.75, 3.05) is 7.11 Å². The van der Waals surface area contributed by atoms with E-state index in [4.69, 9.17) is 4.74 Å². The Morgan fingerprint density at radius 2 is 2.00 bits per heavy atom. The number of carbonyl (C=O) groups is 1. The van der Waals surface area contributed by atoms with Crippen molar-refractivity contribution in [3.63, 3.8) is 0 Å². The summed E-state index contributed by atoms with van der Waals surface area (Å²) < 4.78 is 5.15. The Labute approximate surface area is 95.5 Å². The number of carboxylic acids is 1. The van der Waals surface area contributed by atoms with E-state index in [1.807, 2.05) is 6.26 Å². The highest BCUT2D eigenvalue weighted by atomic mass is 16.5. The summed E-state index contributed by atoms with van der Waals surface area (Å²) in [6.07, 6.45) is 6.83. The van der Waals surface area contributed by atoms with Crippen molar-refractivity contribution >= 4 is 5.97 Å². The van der Waals surface area contributed by atoms with Crippen molar-refractivity contribution in [2.45, 2.75) is 32.1 Å². The summed E-state index contributed by atoms with van der Waals surface area (Å²) in [5.41, 5.74) is 0.983. The first-order valence-corrected chi connectivity index (χ1v) is 6.11. The van der Waals surface area contributed by atoms with Crippen molar-refractivity contribution in [1.29, 1.82) is 0 Å². The predicted molar refractivity (Wildman–Crippen MR) is 58.7 cm³/mol. The van der Waals surface area contributed by atoms with Crippen LogP contribution in [0, 0.1) is 23.2 Å². The maximum absolute atomic E-state index is 11.5. The van der Waals surface area contributed by atoms with Crippen molar-refractivity contribution in [2.24, 2.45) is 23.2 Å². The summed E-state index contributed by atoms with van der Waals surface area (Å²) in [6, 6.07) is 0. The van der Waals surface area contributed by atoms with Gasteiger partial charge in [0.2, 0.25) is 0 Å². The summed E-state index contributed by atoms with van der Waals surface area (Å²) >= 11 is 0. The largest absolute Gasteiger partial charge is 0.504 e. The van der Waals surface area contributed by atoms with E-state index in [1.54, 1.807) is 7.11 Å². The maximum atomic E-state index is 11.5. The normalized spacial score (nSPS) is 44.6. The van der Waals surface area contributed by atoms with Crippen LogP contribution in [0.15, 0.2) is 11.8 Å². The molecule has 16 heavy (non-hydrogen) atoms. The van der Waals surface area contributed by atoms with E-state index in [0.717, 1.165) is 19.3 Å². The van der Waals surface area contributed by atoms with Gasteiger partial charge in [-0.1, -0.05) is 0 Å². The Bertz CT molecular complexity index is 340. The molecule has 0 heterocycles. The molecule has 0 amide bonds. The third-order valence-corrected chi connectivity index (χ3v) is 4.84. The molecular formula is C13H18O3. The van der Waals surface area contributed by atoms with Gasteiger partial charge in [-0.2, -0.15) is 0 Å². The molecule has 4 saturated carbocycles. The molecule has 0 aliphatic heterocycles. The number of aliphatic carboxylic acids is 1. The monoisotopic (exact) mass is 222 g/mol. The second-order valence-electron chi connectivity index (χ2n) is 5.78. The van der Waals surface area contributed by atoms with Crippen LogP contribution >= 0.6 is 0 Å². The summed E-state index contributed by atoms with van der Waals surface area (Å²) in [7, 11) is 1.69. The molecule has 4 bridgehead atoms. The highest BCUT2D eigenvalue weighted by Crippen LogP contribution is 2.62. The lowest BCUT2D eigenvalue weighted by atomic mass is 9.48. The molecule has 88 valence electrons. The number of rotatable bonds is 2. The molecule has 2 unspecified atom stereocenters. The molecular weight excluding hydrogens is 204 g/mol. The highest BCUT2D eigenvalue weighted by molar-refractivity contribution is 5.75. The van der Waals surface area contributed by atoms with E-state index in [2.05, 4.69) is 0 Å².